The van der Waals surface area contributed by atoms with E-state index in [1.54, 1.807) is 11.3 Å². The molecular weight excluding hydrogens is 258 g/mol. The summed E-state index contributed by atoms with van der Waals surface area (Å²) in [5.74, 6) is 0. The van der Waals surface area contributed by atoms with Crippen molar-refractivity contribution >= 4 is 32.9 Å². The van der Waals surface area contributed by atoms with E-state index in [-0.39, 0.29) is 0 Å². The van der Waals surface area contributed by atoms with Crippen LogP contribution in [0.3, 0.4) is 0 Å². The SMILES string of the molecule is Cn1nccc1CCNc1ccc2scnc2c1N. The van der Waals surface area contributed by atoms with Gasteiger partial charge in [0.2, 0.25) is 0 Å². The summed E-state index contributed by atoms with van der Waals surface area (Å²) in [5, 5.41) is 7.51. The molecule has 0 spiro atoms. The average Bonchev–Trinajstić information content (AvgIpc) is 3.02. The molecule has 0 unspecified atom stereocenters. The first kappa shape index (κ1) is 12.0. The lowest BCUT2D eigenvalue weighted by Gasteiger charge is -2.09. The van der Waals surface area contributed by atoms with Crippen molar-refractivity contribution in [1.82, 2.24) is 14.8 Å². The maximum absolute atomic E-state index is 6.12. The molecule has 0 radical (unpaired) electrons. The molecule has 0 saturated carbocycles. The fourth-order valence-corrected chi connectivity index (χ4v) is 2.77. The van der Waals surface area contributed by atoms with Gasteiger partial charge in [-0.1, -0.05) is 0 Å². The summed E-state index contributed by atoms with van der Waals surface area (Å²) < 4.78 is 3.00. The third-order valence-corrected chi connectivity index (χ3v) is 3.95. The molecule has 0 bridgehead atoms. The van der Waals surface area contributed by atoms with Crippen LogP contribution >= 0.6 is 11.3 Å². The summed E-state index contributed by atoms with van der Waals surface area (Å²) in [6.45, 7) is 0.819. The number of aromatic nitrogens is 3. The van der Waals surface area contributed by atoms with Crippen molar-refractivity contribution in [2.45, 2.75) is 6.42 Å². The van der Waals surface area contributed by atoms with Crippen molar-refractivity contribution in [2.75, 3.05) is 17.6 Å². The van der Waals surface area contributed by atoms with Crippen LogP contribution in [-0.2, 0) is 13.5 Å². The standard InChI is InChI=1S/C13H15N5S/c1-18-9(5-7-17-18)4-6-15-10-2-3-11-13(12(10)14)16-8-19-11/h2-3,5,7-8,15H,4,6,14H2,1H3. The summed E-state index contributed by atoms with van der Waals surface area (Å²) >= 11 is 1.60. The largest absolute Gasteiger partial charge is 0.395 e. The maximum atomic E-state index is 6.12. The number of anilines is 2. The number of hydrogen-bond acceptors (Lipinski definition) is 5. The molecule has 0 aliphatic heterocycles. The summed E-state index contributed by atoms with van der Waals surface area (Å²) in [6.07, 6.45) is 2.72. The highest BCUT2D eigenvalue weighted by molar-refractivity contribution is 7.16. The number of nitrogens with one attached hydrogen (secondary N) is 1. The van der Waals surface area contributed by atoms with Crippen LogP contribution in [0, 0.1) is 0 Å². The number of nitrogens with zero attached hydrogens (tertiary/aromatic N) is 3. The van der Waals surface area contributed by atoms with Gasteiger partial charge in [0.05, 0.1) is 21.6 Å². The summed E-state index contributed by atoms with van der Waals surface area (Å²) in [4.78, 5) is 4.29. The predicted molar refractivity (Wildman–Crippen MR) is 79.4 cm³/mol. The van der Waals surface area contributed by atoms with Crippen molar-refractivity contribution in [3.05, 3.63) is 35.6 Å². The molecule has 0 aliphatic rings. The Kier molecular flexibility index (Phi) is 3.08. The third-order valence-electron chi connectivity index (χ3n) is 3.16. The highest BCUT2D eigenvalue weighted by Crippen LogP contribution is 2.29. The first-order valence-corrected chi connectivity index (χ1v) is 6.96. The fraction of sp³-hybridized carbons (Fsp3) is 0.231. The molecule has 0 amide bonds. The molecule has 0 atom stereocenters. The molecule has 0 aliphatic carbocycles. The Labute approximate surface area is 115 Å². The lowest BCUT2D eigenvalue weighted by molar-refractivity contribution is 0.711. The van der Waals surface area contributed by atoms with Crippen LogP contribution in [0.25, 0.3) is 10.2 Å². The van der Waals surface area contributed by atoms with Gasteiger partial charge in [0.15, 0.2) is 0 Å². The van der Waals surface area contributed by atoms with Crippen molar-refractivity contribution in [1.29, 1.82) is 0 Å². The van der Waals surface area contributed by atoms with Crippen LogP contribution in [0.15, 0.2) is 29.9 Å². The zero-order chi connectivity index (χ0) is 13.2. The van der Waals surface area contributed by atoms with E-state index in [0.717, 1.165) is 34.6 Å². The van der Waals surface area contributed by atoms with Gasteiger partial charge in [0.1, 0.15) is 5.52 Å². The lowest BCUT2D eigenvalue weighted by Crippen LogP contribution is -2.09. The smallest absolute Gasteiger partial charge is 0.106 e. The van der Waals surface area contributed by atoms with Gasteiger partial charge in [-0.05, 0) is 18.2 Å². The molecule has 6 heteroatoms. The van der Waals surface area contributed by atoms with E-state index >= 15 is 0 Å². The van der Waals surface area contributed by atoms with Crippen LogP contribution in [-0.4, -0.2) is 21.3 Å². The van der Waals surface area contributed by atoms with E-state index in [1.807, 2.05) is 35.6 Å². The molecule has 0 fully saturated rings. The number of aryl methyl sites for hydroxylation is 1. The Hall–Kier alpha value is -2.08. The number of hydrogen-bond donors (Lipinski definition) is 2. The molecule has 2 heterocycles. The number of nitrogens with two attached hydrogens (primary N) is 1. The molecule has 2 aromatic heterocycles. The van der Waals surface area contributed by atoms with Gasteiger partial charge >= 0.3 is 0 Å². The van der Waals surface area contributed by atoms with E-state index in [0.29, 0.717) is 0 Å². The van der Waals surface area contributed by atoms with Gasteiger partial charge in [-0.3, -0.25) is 4.68 Å². The second-order valence-corrected chi connectivity index (χ2v) is 5.24. The Morgan fingerprint density at radius 3 is 3.05 bits per heavy atom. The Balaban J connectivity index is 1.71. The van der Waals surface area contributed by atoms with Gasteiger partial charge in [0.25, 0.3) is 0 Å². The zero-order valence-corrected chi connectivity index (χ0v) is 11.4. The Bertz CT molecular complexity index is 700. The number of benzene rings is 1. The molecule has 1 aromatic carbocycles. The highest BCUT2D eigenvalue weighted by Gasteiger charge is 2.06. The van der Waals surface area contributed by atoms with E-state index < -0.39 is 0 Å². The normalized spacial score (nSPS) is 11.0. The second-order valence-electron chi connectivity index (χ2n) is 4.35. The summed E-state index contributed by atoms with van der Waals surface area (Å²) in [5.41, 5.74) is 11.7. The number of rotatable bonds is 4. The topological polar surface area (TPSA) is 68.8 Å². The molecule has 3 aromatic rings. The van der Waals surface area contributed by atoms with Crippen LogP contribution in [0.4, 0.5) is 11.4 Å². The average molecular weight is 273 g/mol. The fourth-order valence-electron chi connectivity index (χ4n) is 2.08. The van der Waals surface area contributed by atoms with Crippen molar-refractivity contribution < 1.29 is 0 Å². The third kappa shape index (κ3) is 2.26. The molecule has 3 N–H and O–H groups in total. The molecule has 19 heavy (non-hydrogen) atoms. The van der Waals surface area contributed by atoms with Crippen molar-refractivity contribution in [2.24, 2.45) is 7.05 Å². The predicted octanol–water partition coefficient (Wildman–Crippen LogP) is 2.27. The van der Waals surface area contributed by atoms with Crippen LogP contribution in [0.1, 0.15) is 5.69 Å². The first-order valence-electron chi connectivity index (χ1n) is 6.08. The zero-order valence-electron chi connectivity index (χ0n) is 10.6. The van der Waals surface area contributed by atoms with Gasteiger partial charge in [0, 0.05) is 31.9 Å². The summed E-state index contributed by atoms with van der Waals surface area (Å²) in [6, 6.07) is 6.09. The molecule has 98 valence electrons. The minimum atomic E-state index is 0.726. The summed E-state index contributed by atoms with van der Waals surface area (Å²) in [7, 11) is 1.95. The van der Waals surface area contributed by atoms with Gasteiger partial charge in [-0.25, -0.2) is 4.98 Å². The molecule has 5 nitrogen and oxygen atoms in total. The van der Waals surface area contributed by atoms with E-state index in [2.05, 4.69) is 21.5 Å². The van der Waals surface area contributed by atoms with Gasteiger partial charge < -0.3 is 11.1 Å². The Morgan fingerprint density at radius 1 is 1.37 bits per heavy atom. The Morgan fingerprint density at radius 2 is 2.26 bits per heavy atom. The minimum absolute atomic E-state index is 0.726. The second kappa shape index (κ2) is 4.89. The number of fused-ring (bicyclic) bond motifs is 1. The highest BCUT2D eigenvalue weighted by atomic mass is 32.1. The number of thiazole rings is 1. The monoisotopic (exact) mass is 273 g/mol. The minimum Gasteiger partial charge on any atom is -0.395 e. The van der Waals surface area contributed by atoms with E-state index in [4.69, 9.17) is 5.73 Å². The van der Waals surface area contributed by atoms with E-state index in [9.17, 15) is 0 Å². The van der Waals surface area contributed by atoms with Crippen LogP contribution in [0.2, 0.25) is 0 Å². The quantitative estimate of drug-likeness (QED) is 0.715. The molecule has 3 rings (SSSR count). The van der Waals surface area contributed by atoms with Crippen molar-refractivity contribution in [3.63, 3.8) is 0 Å². The molecular formula is C13H15N5S. The lowest BCUT2D eigenvalue weighted by atomic mass is 10.2. The number of nitrogen functional groups attached to an aromatic ring is 1. The molecule has 0 saturated heterocycles. The van der Waals surface area contributed by atoms with Crippen LogP contribution < -0.4 is 11.1 Å². The van der Waals surface area contributed by atoms with E-state index in [1.165, 1.54) is 5.69 Å². The van der Waals surface area contributed by atoms with Gasteiger partial charge in [-0.15, -0.1) is 11.3 Å². The van der Waals surface area contributed by atoms with Gasteiger partial charge in [-0.2, -0.15) is 5.10 Å². The maximum Gasteiger partial charge on any atom is 0.106 e. The first-order chi connectivity index (χ1) is 9.25. The van der Waals surface area contributed by atoms with Crippen molar-refractivity contribution in [3.8, 4) is 0 Å². The van der Waals surface area contributed by atoms with Crippen LogP contribution in [0.5, 0.6) is 0 Å².